The van der Waals surface area contributed by atoms with Gasteiger partial charge in [0.25, 0.3) is 5.91 Å². The highest BCUT2D eigenvalue weighted by Crippen LogP contribution is 2.30. The van der Waals surface area contributed by atoms with Crippen molar-refractivity contribution in [2.75, 3.05) is 39.3 Å². The first-order valence-corrected chi connectivity index (χ1v) is 10.1. The summed E-state index contributed by atoms with van der Waals surface area (Å²) >= 11 is 0. The molecule has 1 heterocycles. The van der Waals surface area contributed by atoms with Crippen LogP contribution in [0.15, 0.2) is 54.6 Å². The molecule has 1 aliphatic carbocycles. The summed E-state index contributed by atoms with van der Waals surface area (Å²) in [4.78, 5) is 17.0. The summed E-state index contributed by atoms with van der Waals surface area (Å²) in [7, 11) is 0. The number of ether oxygens (including phenoxy) is 1. The van der Waals surface area contributed by atoms with Gasteiger partial charge < -0.3 is 14.5 Å². The van der Waals surface area contributed by atoms with Gasteiger partial charge in [-0.2, -0.15) is 0 Å². The van der Waals surface area contributed by atoms with E-state index in [9.17, 15) is 4.79 Å². The zero-order chi connectivity index (χ0) is 18.5. The topological polar surface area (TPSA) is 32.8 Å². The lowest BCUT2D eigenvalue weighted by atomic mass is 10.1. The van der Waals surface area contributed by atoms with Gasteiger partial charge >= 0.3 is 0 Å². The van der Waals surface area contributed by atoms with Crippen LogP contribution in [0.1, 0.15) is 19.3 Å². The second-order valence-corrected chi connectivity index (χ2v) is 7.66. The Morgan fingerprint density at radius 1 is 0.889 bits per heavy atom. The van der Waals surface area contributed by atoms with Crippen LogP contribution in [0.3, 0.4) is 0 Å². The quantitative estimate of drug-likeness (QED) is 0.784. The van der Waals surface area contributed by atoms with Crippen LogP contribution in [0.2, 0.25) is 0 Å². The van der Waals surface area contributed by atoms with Crippen molar-refractivity contribution in [3.8, 4) is 16.9 Å². The predicted molar refractivity (Wildman–Crippen MR) is 108 cm³/mol. The van der Waals surface area contributed by atoms with Crippen molar-refractivity contribution in [3.05, 3.63) is 54.6 Å². The molecule has 4 rings (SSSR count). The molecular formula is C23H28N2O2. The van der Waals surface area contributed by atoms with Crippen LogP contribution < -0.4 is 4.74 Å². The van der Waals surface area contributed by atoms with Crippen LogP contribution in [-0.4, -0.2) is 55.0 Å². The largest absolute Gasteiger partial charge is 0.484 e. The summed E-state index contributed by atoms with van der Waals surface area (Å²) < 4.78 is 5.75. The van der Waals surface area contributed by atoms with Gasteiger partial charge in [-0.1, -0.05) is 42.5 Å². The number of carbonyl (C=O) groups excluding carboxylic acids is 1. The third-order valence-electron chi connectivity index (χ3n) is 5.48. The molecule has 1 aliphatic heterocycles. The minimum atomic E-state index is 0.0930. The summed E-state index contributed by atoms with van der Waals surface area (Å²) in [6.07, 6.45) is 3.83. The number of benzene rings is 2. The third kappa shape index (κ3) is 5.10. The Morgan fingerprint density at radius 2 is 1.63 bits per heavy atom. The molecule has 0 unspecified atom stereocenters. The number of amides is 1. The van der Waals surface area contributed by atoms with E-state index >= 15 is 0 Å². The Labute approximate surface area is 161 Å². The van der Waals surface area contributed by atoms with Crippen LogP contribution in [-0.2, 0) is 4.79 Å². The molecule has 2 fully saturated rings. The highest BCUT2D eigenvalue weighted by molar-refractivity contribution is 5.77. The van der Waals surface area contributed by atoms with E-state index in [1.807, 2.05) is 47.4 Å². The van der Waals surface area contributed by atoms with Gasteiger partial charge in [0.05, 0.1) is 0 Å². The smallest absolute Gasteiger partial charge is 0.260 e. The van der Waals surface area contributed by atoms with Crippen LogP contribution in [0.4, 0.5) is 0 Å². The van der Waals surface area contributed by atoms with Gasteiger partial charge in [0.2, 0.25) is 0 Å². The summed E-state index contributed by atoms with van der Waals surface area (Å²) in [5.41, 5.74) is 2.33. The molecule has 2 aromatic rings. The Morgan fingerprint density at radius 3 is 2.37 bits per heavy atom. The fourth-order valence-electron chi connectivity index (χ4n) is 3.68. The normalized spacial score (nSPS) is 18.1. The van der Waals surface area contributed by atoms with Gasteiger partial charge in [-0.15, -0.1) is 0 Å². The van der Waals surface area contributed by atoms with Gasteiger partial charge in [0.15, 0.2) is 6.61 Å². The second-order valence-electron chi connectivity index (χ2n) is 7.66. The molecule has 0 aromatic heterocycles. The molecule has 1 amide bonds. The maximum atomic E-state index is 12.5. The molecule has 2 aliphatic rings. The molecule has 1 saturated carbocycles. The van der Waals surface area contributed by atoms with E-state index in [4.69, 9.17) is 4.74 Å². The number of hydrogen-bond acceptors (Lipinski definition) is 3. The van der Waals surface area contributed by atoms with E-state index in [0.29, 0.717) is 0 Å². The summed E-state index contributed by atoms with van der Waals surface area (Å²) in [5.74, 6) is 1.75. The highest BCUT2D eigenvalue weighted by Gasteiger charge is 2.26. The van der Waals surface area contributed by atoms with E-state index < -0.39 is 0 Å². The molecule has 0 bridgehead atoms. The molecule has 0 radical (unpaired) electrons. The average Bonchev–Trinajstić information content (AvgIpc) is 3.55. The van der Waals surface area contributed by atoms with Crippen molar-refractivity contribution < 1.29 is 9.53 Å². The predicted octanol–water partition coefficient (Wildman–Crippen LogP) is 3.68. The summed E-state index contributed by atoms with van der Waals surface area (Å²) in [6, 6.07) is 18.2. The Hall–Kier alpha value is -2.33. The van der Waals surface area contributed by atoms with Gasteiger partial charge in [-0.3, -0.25) is 4.79 Å². The number of nitrogens with zero attached hydrogens (tertiary/aromatic N) is 2. The fraction of sp³-hybridized carbons (Fsp3) is 0.435. The van der Waals surface area contributed by atoms with Crippen LogP contribution >= 0.6 is 0 Å². The highest BCUT2D eigenvalue weighted by atomic mass is 16.5. The molecule has 0 N–H and O–H groups in total. The van der Waals surface area contributed by atoms with Crippen LogP contribution in [0.25, 0.3) is 11.1 Å². The van der Waals surface area contributed by atoms with Crippen molar-refractivity contribution in [1.29, 1.82) is 0 Å². The Kier molecular flexibility index (Phi) is 5.73. The molecule has 27 heavy (non-hydrogen) atoms. The number of hydrogen-bond donors (Lipinski definition) is 0. The Bertz CT molecular complexity index is 741. The lowest BCUT2D eigenvalue weighted by Gasteiger charge is -2.22. The molecule has 1 saturated heterocycles. The second kappa shape index (κ2) is 8.57. The first kappa shape index (κ1) is 18.1. The summed E-state index contributed by atoms with van der Waals surface area (Å²) in [6.45, 7) is 5.11. The van der Waals surface area contributed by atoms with E-state index in [0.717, 1.165) is 49.8 Å². The van der Waals surface area contributed by atoms with Gasteiger partial charge in [0, 0.05) is 26.2 Å². The molecular weight excluding hydrogens is 336 g/mol. The van der Waals surface area contributed by atoms with Crippen molar-refractivity contribution in [2.24, 2.45) is 5.92 Å². The van der Waals surface area contributed by atoms with Crippen LogP contribution in [0.5, 0.6) is 5.75 Å². The van der Waals surface area contributed by atoms with E-state index in [1.165, 1.54) is 24.9 Å². The summed E-state index contributed by atoms with van der Waals surface area (Å²) in [5, 5.41) is 0. The zero-order valence-corrected chi connectivity index (χ0v) is 15.8. The van der Waals surface area contributed by atoms with E-state index in [2.05, 4.69) is 17.0 Å². The molecule has 4 nitrogen and oxygen atoms in total. The van der Waals surface area contributed by atoms with Gasteiger partial charge in [0.1, 0.15) is 5.75 Å². The van der Waals surface area contributed by atoms with E-state index in [1.54, 1.807) is 0 Å². The Balaban J connectivity index is 1.26. The lowest BCUT2D eigenvalue weighted by Crippen LogP contribution is -2.38. The minimum absolute atomic E-state index is 0.0930. The molecule has 0 spiro atoms. The number of rotatable bonds is 6. The monoisotopic (exact) mass is 364 g/mol. The lowest BCUT2D eigenvalue weighted by molar-refractivity contribution is -0.133. The van der Waals surface area contributed by atoms with Crippen LogP contribution in [0, 0.1) is 5.92 Å². The van der Waals surface area contributed by atoms with Crippen molar-refractivity contribution in [2.45, 2.75) is 19.3 Å². The molecule has 4 heteroatoms. The average molecular weight is 364 g/mol. The number of carbonyl (C=O) groups is 1. The first-order chi connectivity index (χ1) is 13.3. The van der Waals surface area contributed by atoms with Gasteiger partial charge in [-0.25, -0.2) is 0 Å². The zero-order valence-electron chi connectivity index (χ0n) is 15.8. The maximum Gasteiger partial charge on any atom is 0.260 e. The van der Waals surface area contributed by atoms with E-state index in [-0.39, 0.29) is 12.5 Å². The SMILES string of the molecule is O=C(COc1ccc(-c2ccccc2)cc1)N1CCCN(CC2CC2)CC1. The van der Waals surface area contributed by atoms with Crippen molar-refractivity contribution in [3.63, 3.8) is 0 Å². The van der Waals surface area contributed by atoms with Gasteiger partial charge in [-0.05, 0) is 55.0 Å². The first-order valence-electron chi connectivity index (χ1n) is 10.1. The minimum Gasteiger partial charge on any atom is -0.484 e. The molecule has 2 aromatic carbocycles. The fourth-order valence-corrected chi connectivity index (χ4v) is 3.68. The third-order valence-corrected chi connectivity index (χ3v) is 5.48. The van der Waals surface area contributed by atoms with Crippen molar-refractivity contribution >= 4 is 5.91 Å². The maximum absolute atomic E-state index is 12.5. The standard InChI is InChI=1S/C23H28N2O2/c26-23(25-14-4-13-24(15-16-25)17-19-7-8-19)18-27-22-11-9-21(10-12-22)20-5-2-1-3-6-20/h1-3,5-6,9-12,19H,4,7-8,13-18H2. The molecule has 0 atom stereocenters. The molecule has 142 valence electrons. The van der Waals surface area contributed by atoms with Crippen molar-refractivity contribution in [1.82, 2.24) is 9.80 Å².